The molecule has 1 aliphatic rings. The Morgan fingerprint density at radius 1 is 1.36 bits per heavy atom. The summed E-state index contributed by atoms with van der Waals surface area (Å²) in [4.78, 5) is 0. The lowest BCUT2D eigenvalue weighted by atomic mass is 9.93. The van der Waals surface area contributed by atoms with Crippen molar-refractivity contribution in [3.63, 3.8) is 0 Å². The Kier molecular flexibility index (Phi) is 5.45. The van der Waals surface area contributed by atoms with Gasteiger partial charge < -0.3 is 15.2 Å². The van der Waals surface area contributed by atoms with Gasteiger partial charge in [-0.15, -0.1) is 0 Å². The van der Waals surface area contributed by atoms with Crippen molar-refractivity contribution in [1.29, 1.82) is 0 Å². The van der Waals surface area contributed by atoms with E-state index in [9.17, 15) is 5.11 Å². The second-order valence-electron chi connectivity index (χ2n) is 4.18. The van der Waals surface area contributed by atoms with E-state index in [1.54, 1.807) is 0 Å². The molecule has 1 unspecified atom stereocenters. The summed E-state index contributed by atoms with van der Waals surface area (Å²) in [5, 5.41) is 12.8. The molecule has 0 aromatic rings. The Hall–Kier alpha value is -0.120. The van der Waals surface area contributed by atoms with Crippen molar-refractivity contribution in [2.45, 2.75) is 57.8 Å². The second kappa shape index (κ2) is 6.38. The minimum Gasteiger partial charge on any atom is -0.393 e. The summed E-state index contributed by atoms with van der Waals surface area (Å²) < 4.78 is 5.44. The molecule has 0 amide bonds. The maximum atomic E-state index is 9.34. The Morgan fingerprint density at radius 2 is 2.00 bits per heavy atom. The predicted molar refractivity (Wildman–Crippen MR) is 57.4 cm³/mol. The van der Waals surface area contributed by atoms with Gasteiger partial charge in [-0.25, -0.2) is 0 Å². The third-order valence-electron chi connectivity index (χ3n) is 2.84. The highest BCUT2D eigenvalue weighted by atomic mass is 16.5. The van der Waals surface area contributed by atoms with Gasteiger partial charge in [-0.3, -0.25) is 0 Å². The van der Waals surface area contributed by atoms with E-state index in [1.807, 2.05) is 6.92 Å². The number of aliphatic hydroxyl groups is 1. The van der Waals surface area contributed by atoms with E-state index in [4.69, 9.17) is 4.74 Å². The fourth-order valence-corrected chi connectivity index (χ4v) is 1.96. The first-order valence-corrected chi connectivity index (χ1v) is 5.75. The zero-order valence-corrected chi connectivity index (χ0v) is 9.33. The largest absolute Gasteiger partial charge is 0.393 e. The summed E-state index contributed by atoms with van der Waals surface area (Å²) in [5.74, 6) is 0. The van der Waals surface area contributed by atoms with Crippen LogP contribution in [0.3, 0.4) is 0 Å². The molecule has 3 heteroatoms. The van der Waals surface area contributed by atoms with Crippen molar-refractivity contribution in [3.05, 3.63) is 0 Å². The first-order chi connectivity index (χ1) is 6.72. The molecule has 0 heterocycles. The summed E-state index contributed by atoms with van der Waals surface area (Å²) >= 11 is 0. The van der Waals surface area contributed by atoms with Gasteiger partial charge in [0.15, 0.2) is 0 Å². The Morgan fingerprint density at radius 3 is 2.57 bits per heavy atom. The fourth-order valence-electron chi connectivity index (χ4n) is 1.96. The Bertz CT molecular complexity index is 144. The van der Waals surface area contributed by atoms with E-state index in [2.05, 4.69) is 12.2 Å². The molecule has 2 N–H and O–H groups in total. The van der Waals surface area contributed by atoms with Crippen LogP contribution in [0.5, 0.6) is 0 Å². The van der Waals surface area contributed by atoms with Gasteiger partial charge in [-0.05, 0) is 39.5 Å². The maximum absolute atomic E-state index is 9.34. The first-order valence-electron chi connectivity index (χ1n) is 5.75. The minimum atomic E-state index is -0.0580. The van der Waals surface area contributed by atoms with Gasteiger partial charge in [-0.2, -0.15) is 0 Å². The zero-order chi connectivity index (χ0) is 10.4. The monoisotopic (exact) mass is 201 g/mol. The van der Waals surface area contributed by atoms with E-state index in [0.717, 1.165) is 38.8 Å². The van der Waals surface area contributed by atoms with Crippen LogP contribution in [0.1, 0.15) is 39.5 Å². The lowest BCUT2D eigenvalue weighted by molar-refractivity contribution is 0.0681. The van der Waals surface area contributed by atoms with Crippen molar-refractivity contribution in [3.8, 4) is 0 Å². The van der Waals surface area contributed by atoms with Crippen LogP contribution in [-0.2, 0) is 4.74 Å². The molecule has 0 radical (unpaired) electrons. The van der Waals surface area contributed by atoms with Crippen LogP contribution >= 0.6 is 0 Å². The average molecular weight is 201 g/mol. The van der Waals surface area contributed by atoms with E-state index in [-0.39, 0.29) is 6.10 Å². The van der Waals surface area contributed by atoms with Gasteiger partial charge in [0.05, 0.1) is 12.2 Å². The summed E-state index contributed by atoms with van der Waals surface area (Å²) in [6.45, 7) is 5.82. The standard InChI is InChI=1S/C11H23NO2/c1-3-14-9(2)8-12-10-4-6-11(13)7-5-10/h9-13H,3-8H2,1-2H3. The first kappa shape index (κ1) is 12.0. The average Bonchev–Trinajstić information content (AvgIpc) is 2.17. The van der Waals surface area contributed by atoms with Gasteiger partial charge in [0.25, 0.3) is 0 Å². The molecule has 0 aromatic heterocycles. The van der Waals surface area contributed by atoms with E-state index >= 15 is 0 Å². The lowest BCUT2D eigenvalue weighted by Gasteiger charge is -2.27. The fraction of sp³-hybridized carbons (Fsp3) is 1.00. The van der Waals surface area contributed by atoms with Crippen molar-refractivity contribution in [1.82, 2.24) is 5.32 Å². The summed E-state index contributed by atoms with van der Waals surface area (Å²) in [6, 6.07) is 0.585. The molecule has 3 nitrogen and oxygen atoms in total. The lowest BCUT2D eigenvalue weighted by Crippen LogP contribution is -2.38. The number of aliphatic hydroxyl groups excluding tert-OH is 1. The topological polar surface area (TPSA) is 41.5 Å². The third-order valence-corrected chi connectivity index (χ3v) is 2.84. The van der Waals surface area contributed by atoms with Crippen LogP contribution in [-0.4, -0.2) is 36.5 Å². The smallest absolute Gasteiger partial charge is 0.0671 e. The maximum Gasteiger partial charge on any atom is 0.0671 e. The molecular formula is C11H23NO2. The summed E-state index contributed by atoms with van der Waals surface area (Å²) in [5.41, 5.74) is 0. The molecule has 0 spiro atoms. The molecule has 1 saturated carbocycles. The van der Waals surface area contributed by atoms with Gasteiger partial charge in [0.2, 0.25) is 0 Å². The van der Waals surface area contributed by atoms with Crippen molar-refractivity contribution in [2.75, 3.05) is 13.2 Å². The van der Waals surface area contributed by atoms with Crippen LogP contribution in [0.4, 0.5) is 0 Å². The van der Waals surface area contributed by atoms with Crippen molar-refractivity contribution >= 4 is 0 Å². The Labute approximate surface area is 86.8 Å². The molecule has 1 atom stereocenters. The zero-order valence-electron chi connectivity index (χ0n) is 9.33. The van der Waals surface area contributed by atoms with E-state index in [0.29, 0.717) is 12.1 Å². The third kappa shape index (κ3) is 4.40. The number of nitrogens with one attached hydrogen (secondary N) is 1. The molecule has 1 aliphatic carbocycles. The highest BCUT2D eigenvalue weighted by Crippen LogP contribution is 2.18. The van der Waals surface area contributed by atoms with Crippen LogP contribution < -0.4 is 5.32 Å². The highest BCUT2D eigenvalue weighted by Gasteiger charge is 2.19. The van der Waals surface area contributed by atoms with E-state index in [1.165, 1.54) is 0 Å². The van der Waals surface area contributed by atoms with Crippen molar-refractivity contribution in [2.24, 2.45) is 0 Å². The SMILES string of the molecule is CCOC(C)CNC1CCC(O)CC1. The van der Waals surface area contributed by atoms with Gasteiger partial charge >= 0.3 is 0 Å². The predicted octanol–water partition coefficient (Wildman–Crippen LogP) is 1.30. The normalized spacial score (nSPS) is 30.2. The minimum absolute atomic E-state index is 0.0580. The molecule has 0 saturated heterocycles. The Balaban J connectivity index is 2.06. The second-order valence-corrected chi connectivity index (χ2v) is 4.18. The number of hydrogen-bond donors (Lipinski definition) is 2. The molecule has 0 aromatic carbocycles. The van der Waals surface area contributed by atoms with Gasteiger partial charge in [-0.1, -0.05) is 0 Å². The molecule has 0 bridgehead atoms. The van der Waals surface area contributed by atoms with Crippen LogP contribution in [0.2, 0.25) is 0 Å². The van der Waals surface area contributed by atoms with E-state index < -0.39 is 0 Å². The quantitative estimate of drug-likeness (QED) is 0.704. The van der Waals surface area contributed by atoms with Gasteiger partial charge in [0, 0.05) is 19.2 Å². The molecule has 1 fully saturated rings. The molecule has 14 heavy (non-hydrogen) atoms. The van der Waals surface area contributed by atoms with Crippen molar-refractivity contribution < 1.29 is 9.84 Å². The number of hydrogen-bond acceptors (Lipinski definition) is 3. The van der Waals surface area contributed by atoms with Crippen LogP contribution in [0.15, 0.2) is 0 Å². The van der Waals surface area contributed by atoms with Gasteiger partial charge in [0.1, 0.15) is 0 Å². The number of ether oxygens (including phenoxy) is 1. The molecular weight excluding hydrogens is 178 g/mol. The molecule has 0 aliphatic heterocycles. The summed E-state index contributed by atoms with van der Waals surface area (Å²) in [7, 11) is 0. The molecule has 84 valence electrons. The highest BCUT2D eigenvalue weighted by molar-refractivity contribution is 4.77. The summed E-state index contributed by atoms with van der Waals surface area (Å²) in [6.07, 6.45) is 4.32. The molecule has 1 rings (SSSR count). The van der Waals surface area contributed by atoms with Crippen LogP contribution in [0, 0.1) is 0 Å². The number of rotatable bonds is 5. The van der Waals surface area contributed by atoms with Crippen LogP contribution in [0.25, 0.3) is 0 Å².